The molecule has 0 aromatic heterocycles. The van der Waals surface area contributed by atoms with Crippen LogP contribution in [0.3, 0.4) is 0 Å². The fourth-order valence-corrected chi connectivity index (χ4v) is 2.18. The Labute approximate surface area is 90.2 Å². The minimum Gasteiger partial charge on any atom is -0.0876 e. The van der Waals surface area contributed by atoms with Gasteiger partial charge < -0.3 is 0 Å². The average Bonchev–Trinajstić information content (AvgIpc) is 2.82. The smallest absolute Gasteiger partial charge is 0.0267 e. The van der Waals surface area contributed by atoms with Gasteiger partial charge in [0.2, 0.25) is 0 Å². The first-order valence-electron chi connectivity index (χ1n) is 5.45. The van der Waals surface area contributed by atoms with Crippen LogP contribution < -0.4 is 0 Å². The lowest BCUT2D eigenvalue weighted by Crippen LogP contribution is -1.91. The van der Waals surface area contributed by atoms with Gasteiger partial charge in [0.15, 0.2) is 0 Å². The summed E-state index contributed by atoms with van der Waals surface area (Å²) in [6.45, 7) is 0. The van der Waals surface area contributed by atoms with Crippen LogP contribution in [-0.2, 0) is 0 Å². The van der Waals surface area contributed by atoms with E-state index in [4.69, 9.17) is 0 Å². The summed E-state index contributed by atoms with van der Waals surface area (Å²) in [5.74, 6) is 1.47. The molecule has 3 rings (SSSR count). The Bertz CT molecular complexity index is 508. The number of allylic oxidation sites excluding steroid dienone is 2. The van der Waals surface area contributed by atoms with Crippen molar-refractivity contribution >= 4 is 10.8 Å². The largest absolute Gasteiger partial charge is 0.0876 e. The van der Waals surface area contributed by atoms with Crippen LogP contribution in [0.5, 0.6) is 0 Å². The first-order valence-corrected chi connectivity index (χ1v) is 5.45. The highest BCUT2D eigenvalue weighted by Gasteiger charge is 2.12. The van der Waals surface area contributed by atoms with Gasteiger partial charge in [0.25, 0.3) is 0 Å². The number of hydrogen-bond donors (Lipinski definition) is 0. The van der Waals surface area contributed by atoms with Gasteiger partial charge in [-0.15, -0.1) is 0 Å². The zero-order valence-electron chi connectivity index (χ0n) is 8.61. The molecule has 0 heteroatoms. The van der Waals surface area contributed by atoms with E-state index < -0.39 is 0 Å². The Balaban J connectivity index is 2.09. The van der Waals surface area contributed by atoms with Crippen molar-refractivity contribution in [3.8, 4) is 0 Å². The predicted octanol–water partition coefficient (Wildman–Crippen LogP) is 4.11. The lowest BCUT2D eigenvalue weighted by molar-refractivity contribution is 0.979. The van der Waals surface area contributed by atoms with Crippen LogP contribution in [0.4, 0.5) is 0 Å². The molecule has 73 valence electrons. The monoisotopic (exact) mass is 193 g/mol. The van der Waals surface area contributed by atoms with Crippen molar-refractivity contribution in [2.45, 2.75) is 12.8 Å². The minimum atomic E-state index is 1.19. The van der Waals surface area contributed by atoms with Crippen LogP contribution in [0.1, 0.15) is 18.4 Å². The lowest BCUT2D eigenvalue weighted by Gasteiger charge is -2.08. The van der Waals surface area contributed by atoms with E-state index in [1.807, 2.05) is 0 Å². The van der Waals surface area contributed by atoms with Gasteiger partial charge in [-0.25, -0.2) is 0 Å². The van der Waals surface area contributed by atoms with Crippen LogP contribution in [0, 0.1) is 5.92 Å². The van der Waals surface area contributed by atoms with E-state index in [1.165, 1.54) is 35.1 Å². The van der Waals surface area contributed by atoms with Crippen molar-refractivity contribution in [3.05, 3.63) is 66.1 Å². The maximum atomic E-state index is 2.29. The normalized spacial score (nSPS) is 16.3. The van der Waals surface area contributed by atoms with Crippen LogP contribution in [0.2, 0.25) is 0 Å². The van der Waals surface area contributed by atoms with Crippen molar-refractivity contribution in [2.24, 2.45) is 0 Å². The van der Waals surface area contributed by atoms with Gasteiger partial charge in [0.1, 0.15) is 0 Å². The molecule has 2 aromatic carbocycles. The molecular formula is C15H13. The Kier molecular flexibility index (Phi) is 2.06. The highest BCUT2D eigenvalue weighted by Crippen LogP contribution is 2.29. The second kappa shape index (κ2) is 3.54. The Morgan fingerprint density at radius 1 is 0.867 bits per heavy atom. The van der Waals surface area contributed by atoms with Crippen molar-refractivity contribution < 1.29 is 0 Å². The van der Waals surface area contributed by atoms with E-state index in [1.54, 1.807) is 0 Å². The van der Waals surface area contributed by atoms with Crippen molar-refractivity contribution in [1.29, 1.82) is 0 Å². The van der Waals surface area contributed by atoms with Crippen LogP contribution in [-0.4, -0.2) is 0 Å². The molecule has 15 heavy (non-hydrogen) atoms. The highest BCUT2D eigenvalue weighted by molar-refractivity contribution is 5.83. The Hall–Kier alpha value is -1.56. The summed E-state index contributed by atoms with van der Waals surface area (Å²) in [5, 5.41) is 2.66. The fourth-order valence-electron chi connectivity index (χ4n) is 2.18. The third-order valence-corrected chi connectivity index (χ3v) is 3.02. The number of benzene rings is 2. The predicted molar refractivity (Wildman–Crippen MR) is 64.7 cm³/mol. The molecule has 0 fully saturated rings. The van der Waals surface area contributed by atoms with E-state index in [-0.39, 0.29) is 0 Å². The summed E-state index contributed by atoms with van der Waals surface area (Å²) < 4.78 is 0. The molecule has 0 heterocycles. The third kappa shape index (κ3) is 1.56. The summed E-state index contributed by atoms with van der Waals surface area (Å²) >= 11 is 0. The van der Waals surface area contributed by atoms with E-state index >= 15 is 0 Å². The van der Waals surface area contributed by atoms with Gasteiger partial charge in [-0.2, -0.15) is 0 Å². The number of rotatable bonds is 1. The van der Waals surface area contributed by atoms with Gasteiger partial charge >= 0.3 is 0 Å². The Morgan fingerprint density at radius 3 is 2.53 bits per heavy atom. The van der Waals surface area contributed by atoms with Crippen LogP contribution in [0.25, 0.3) is 10.8 Å². The molecule has 2 aromatic rings. The molecule has 0 N–H and O–H groups in total. The van der Waals surface area contributed by atoms with Crippen molar-refractivity contribution in [1.82, 2.24) is 0 Å². The van der Waals surface area contributed by atoms with Crippen molar-refractivity contribution in [3.63, 3.8) is 0 Å². The molecule has 0 aliphatic heterocycles. The second-order valence-corrected chi connectivity index (χ2v) is 4.03. The minimum absolute atomic E-state index is 1.19. The summed E-state index contributed by atoms with van der Waals surface area (Å²) in [6.07, 6.45) is 6.90. The van der Waals surface area contributed by atoms with Crippen molar-refractivity contribution in [2.75, 3.05) is 0 Å². The molecule has 0 unspecified atom stereocenters. The number of hydrogen-bond acceptors (Lipinski definition) is 0. The summed E-state index contributed by atoms with van der Waals surface area (Å²) in [6, 6.07) is 15.3. The molecule has 0 spiro atoms. The second-order valence-electron chi connectivity index (χ2n) is 4.03. The molecule has 0 bridgehead atoms. The molecule has 1 aliphatic carbocycles. The SMILES string of the molecule is C1=C[C](c2ccc3ccccc3c2)CC1. The third-order valence-electron chi connectivity index (χ3n) is 3.02. The van der Waals surface area contributed by atoms with Gasteiger partial charge in [-0.05, 0) is 29.2 Å². The summed E-state index contributed by atoms with van der Waals surface area (Å²) in [4.78, 5) is 0. The molecule has 0 atom stereocenters. The van der Waals surface area contributed by atoms with E-state index in [0.29, 0.717) is 0 Å². The quantitative estimate of drug-likeness (QED) is 0.639. The summed E-state index contributed by atoms with van der Waals surface area (Å²) in [5.41, 5.74) is 1.38. The molecule has 1 radical (unpaired) electrons. The standard InChI is InChI=1S/C15H13/c1-2-6-12(5-1)15-10-9-13-7-3-4-8-14(13)11-15/h1,3-5,7-11H,2,6H2. The maximum absolute atomic E-state index is 2.29. The topological polar surface area (TPSA) is 0 Å². The fraction of sp³-hybridized carbons (Fsp3) is 0.133. The molecule has 0 saturated heterocycles. The van der Waals surface area contributed by atoms with Crippen LogP contribution >= 0.6 is 0 Å². The lowest BCUT2D eigenvalue weighted by atomic mass is 9.96. The average molecular weight is 193 g/mol. The maximum Gasteiger partial charge on any atom is 0.0267 e. The zero-order valence-corrected chi connectivity index (χ0v) is 8.61. The molecular weight excluding hydrogens is 180 g/mol. The van der Waals surface area contributed by atoms with E-state index in [0.717, 1.165) is 0 Å². The molecule has 0 nitrogen and oxygen atoms in total. The van der Waals surface area contributed by atoms with Gasteiger partial charge in [-0.1, -0.05) is 54.6 Å². The molecule has 1 aliphatic rings. The van der Waals surface area contributed by atoms with Gasteiger partial charge in [0, 0.05) is 5.92 Å². The highest BCUT2D eigenvalue weighted by atomic mass is 14.2. The van der Waals surface area contributed by atoms with Crippen LogP contribution in [0.15, 0.2) is 54.6 Å². The first kappa shape index (κ1) is 8.72. The zero-order chi connectivity index (χ0) is 10.1. The van der Waals surface area contributed by atoms with E-state index in [2.05, 4.69) is 54.6 Å². The van der Waals surface area contributed by atoms with E-state index in [9.17, 15) is 0 Å². The first-order chi connectivity index (χ1) is 7.43. The molecule has 0 amide bonds. The molecule has 0 saturated carbocycles. The number of fused-ring (bicyclic) bond motifs is 1. The van der Waals surface area contributed by atoms with Gasteiger partial charge in [-0.3, -0.25) is 0 Å². The summed E-state index contributed by atoms with van der Waals surface area (Å²) in [7, 11) is 0. The Morgan fingerprint density at radius 2 is 1.73 bits per heavy atom. The van der Waals surface area contributed by atoms with Gasteiger partial charge in [0.05, 0.1) is 0 Å².